The van der Waals surface area contributed by atoms with E-state index in [1.807, 2.05) is 6.92 Å². The molecular weight excluding hydrogens is 335 g/mol. The third kappa shape index (κ3) is 4.45. The molecule has 0 bridgehead atoms. The molecule has 1 amide bonds. The molecule has 2 rings (SSSR count). The molecule has 1 saturated heterocycles. The van der Waals surface area contributed by atoms with Crippen molar-refractivity contribution in [1.29, 1.82) is 0 Å². The largest absolute Gasteiger partial charge is 0.495 e. The number of likely N-dealkylation sites (tertiary alicyclic amines) is 1. The number of nitrogens with one attached hydrogen (secondary N) is 1. The molecule has 134 valence electrons. The zero-order valence-corrected chi connectivity index (χ0v) is 14.7. The standard InChI is InChI=1S/C16H23FN2O4S/c1-3-9-19-10-8-13(5-7-16(19)20)18-24(21,22)15-11-12(17)4-6-14(15)23-2/h4,6,11,13,18H,3,5,7-10H2,1-2H3. The maximum atomic E-state index is 13.4. The number of methoxy groups -OCH3 is 1. The smallest absolute Gasteiger partial charge is 0.244 e. The van der Waals surface area contributed by atoms with Gasteiger partial charge in [-0.05, 0) is 37.5 Å². The van der Waals surface area contributed by atoms with Gasteiger partial charge in [0.25, 0.3) is 0 Å². The Bertz CT molecular complexity index is 693. The van der Waals surface area contributed by atoms with Crippen LogP contribution < -0.4 is 9.46 Å². The van der Waals surface area contributed by atoms with E-state index in [0.29, 0.717) is 32.4 Å². The minimum absolute atomic E-state index is 0.0434. The van der Waals surface area contributed by atoms with Crippen LogP contribution in [0, 0.1) is 5.82 Å². The van der Waals surface area contributed by atoms with Crippen LogP contribution in [0.4, 0.5) is 4.39 Å². The lowest BCUT2D eigenvalue weighted by atomic mass is 10.1. The summed E-state index contributed by atoms with van der Waals surface area (Å²) in [7, 11) is -2.60. The Labute approximate surface area is 142 Å². The van der Waals surface area contributed by atoms with E-state index >= 15 is 0 Å². The van der Waals surface area contributed by atoms with Gasteiger partial charge >= 0.3 is 0 Å². The lowest BCUT2D eigenvalue weighted by Gasteiger charge is -2.20. The van der Waals surface area contributed by atoms with Crippen molar-refractivity contribution in [2.75, 3.05) is 20.2 Å². The van der Waals surface area contributed by atoms with Crippen LogP contribution in [-0.4, -0.2) is 45.5 Å². The van der Waals surface area contributed by atoms with Crippen LogP contribution in [0.15, 0.2) is 23.1 Å². The molecule has 1 fully saturated rings. The summed E-state index contributed by atoms with van der Waals surface area (Å²) in [6.45, 7) is 3.19. The van der Waals surface area contributed by atoms with Crippen LogP contribution in [-0.2, 0) is 14.8 Å². The van der Waals surface area contributed by atoms with Gasteiger partial charge in [0, 0.05) is 25.6 Å². The first-order valence-corrected chi connectivity index (χ1v) is 9.49. The Morgan fingerprint density at radius 2 is 2.12 bits per heavy atom. The molecule has 0 aliphatic carbocycles. The molecule has 1 heterocycles. The molecule has 0 aromatic heterocycles. The van der Waals surface area contributed by atoms with Crippen molar-refractivity contribution in [2.45, 2.75) is 43.5 Å². The topological polar surface area (TPSA) is 75.7 Å². The number of halogens is 1. The minimum Gasteiger partial charge on any atom is -0.495 e. The van der Waals surface area contributed by atoms with Crippen molar-refractivity contribution >= 4 is 15.9 Å². The van der Waals surface area contributed by atoms with Crippen LogP contribution in [0.2, 0.25) is 0 Å². The summed E-state index contributed by atoms with van der Waals surface area (Å²) in [6, 6.07) is 2.99. The highest BCUT2D eigenvalue weighted by atomic mass is 32.2. The number of nitrogens with zero attached hydrogens (tertiary/aromatic N) is 1. The average molecular weight is 358 g/mol. The van der Waals surface area contributed by atoms with E-state index in [1.54, 1.807) is 4.90 Å². The van der Waals surface area contributed by atoms with Gasteiger partial charge in [0.05, 0.1) is 7.11 Å². The van der Waals surface area contributed by atoms with Crippen molar-refractivity contribution in [3.05, 3.63) is 24.0 Å². The van der Waals surface area contributed by atoms with Gasteiger partial charge in [0.15, 0.2) is 0 Å². The van der Waals surface area contributed by atoms with Crippen molar-refractivity contribution in [1.82, 2.24) is 9.62 Å². The number of rotatable bonds is 6. The van der Waals surface area contributed by atoms with E-state index in [-0.39, 0.29) is 22.6 Å². The lowest BCUT2D eigenvalue weighted by Crippen LogP contribution is -2.36. The molecule has 1 atom stereocenters. The van der Waals surface area contributed by atoms with Crippen LogP contribution in [0.5, 0.6) is 5.75 Å². The molecular formula is C16H23FN2O4S. The zero-order chi connectivity index (χ0) is 17.7. The van der Waals surface area contributed by atoms with Gasteiger partial charge < -0.3 is 9.64 Å². The number of benzene rings is 1. The second kappa shape index (κ2) is 7.94. The van der Waals surface area contributed by atoms with Crippen LogP contribution >= 0.6 is 0 Å². The fourth-order valence-electron chi connectivity index (χ4n) is 2.80. The van der Waals surface area contributed by atoms with E-state index in [0.717, 1.165) is 18.6 Å². The SMILES string of the molecule is CCCN1CCC(NS(=O)(=O)c2cc(F)ccc2OC)CCC1=O. The molecule has 1 N–H and O–H groups in total. The Hall–Kier alpha value is -1.67. The fraction of sp³-hybridized carbons (Fsp3) is 0.562. The number of carbonyl (C=O) groups is 1. The van der Waals surface area contributed by atoms with Gasteiger partial charge in [-0.15, -0.1) is 0 Å². The van der Waals surface area contributed by atoms with Crippen LogP contribution in [0.25, 0.3) is 0 Å². The number of ether oxygens (including phenoxy) is 1. The number of hydrogen-bond acceptors (Lipinski definition) is 4. The van der Waals surface area contributed by atoms with E-state index < -0.39 is 15.8 Å². The van der Waals surface area contributed by atoms with E-state index in [4.69, 9.17) is 4.74 Å². The molecule has 0 radical (unpaired) electrons. The summed E-state index contributed by atoms with van der Waals surface area (Å²) in [5.41, 5.74) is 0. The highest BCUT2D eigenvalue weighted by Gasteiger charge is 2.28. The predicted octanol–water partition coefficient (Wildman–Crippen LogP) is 1.90. The first kappa shape index (κ1) is 18.7. The number of amides is 1. The summed E-state index contributed by atoms with van der Waals surface area (Å²) in [6.07, 6.45) is 2.12. The minimum atomic E-state index is -3.93. The van der Waals surface area contributed by atoms with Crippen molar-refractivity contribution < 1.29 is 22.3 Å². The maximum absolute atomic E-state index is 13.4. The summed E-state index contributed by atoms with van der Waals surface area (Å²) in [5.74, 6) is -0.524. The number of sulfonamides is 1. The summed E-state index contributed by atoms with van der Waals surface area (Å²) in [4.78, 5) is 13.5. The molecule has 0 spiro atoms. The number of carbonyl (C=O) groups excluding carboxylic acids is 1. The van der Waals surface area contributed by atoms with Crippen molar-refractivity contribution in [3.63, 3.8) is 0 Å². The van der Waals surface area contributed by atoms with Gasteiger partial charge in [-0.1, -0.05) is 6.92 Å². The molecule has 0 saturated carbocycles. The maximum Gasteiger partial charge on any atom is 0.244 e. The Morgan fingerprint density at radius 1 is 1.38 bits per heavy atom. The van der Waals surface area contributed by atoms with Gasteiger partial charge in [0.2, 0.25) is 15.9 Å². The Kier molecular flexibility index (Phi) is 6.17. The first-order chi connectivity index (χ1) is 11.4. The normalized spacial score (nSPS) is 19.2. The van der Waals surface area contributed by atoms with Gasteiger partial charge in [-0.3, -0.25) is 4.79 Å². The van der Waals surface area contributed by atoms with E-state index in [2.05, 4.69) is 4.72 Å². The van der Waals surface area contributed by atoms with E-state index in [9.17, 15) is 17.6 Å². The quantitative estimate of drug-likeness (QED) is 0.843. The van der Waals surface area contributed by atoms with Gasteiger partial charge in [-0.2, -0.15) is 0 Å². The summed E-state index contributed by atoms with van der Waals surface area (Å²) in [5, 5.41) is 0. The van der Waals surface area contributed by atoms with Gasteiger partial charge in [-0.25, -0.2) is 17.5 Å². The van der Waals surface area contributed by atoms with Gasteiger partial charge in [0.1, 0.15) is 16.5 Å². The average Bonchev–Trinajstić information content (AvgIpc) is 2.71. The molecule has 1 aliphatic heterocycles. The zero-order valence-electron chi connectivity index (χ0n) is 13.9. The highest BCUT2D eigenvalue weighted by molar-refractivity contribution is 7.89. The molecule has 8 heteroatoms. The summed E-state index contributed by atoms with van der Waals surface area (Å²) >= 11 is 0. The fourth-order valence-corrected chi connectivity index (χ4v) is 4.29. The molecule has 24 heavy (non-hydrogen) atoms. The van der Waals surface area contributed by atoms with Crippen LogP contribution in [0.1, 0.15) is 32.6 Å². The third-order valence-electron chi connectivity index (χ3n) is 4.04. The molecule has 1 unspecified atom stereocenters. The second-order valence-corrected chi connectivity index (χ2v) is 7.50. The molecule has 1 aromatic carbocycles. The number of hydrogen-bond donors (Lipinski definition) is 1. The Balaban J connectivity index is 2.15. The third-order valence-corrected chi connectivity index (χ3v) is 5.58. The monoisotopic (exact) mass is 358 g/mol. The van der Waals surface area contributed by atoms with E-state index in [1.165, 1.54) is 13.2 Å². The lowest BCUT2D eigenvalue weighted by molar-refractivity contribution is -0.130. The van der Waals surface area contributed by atoms with Crippen molar-refractivity contribution in [3.8, 4) is 5.75 Å². The highest BCUT2D eigenvalue weighted by Crippen LogP contribution is 2.25. The van der Waals surface area contributed by atoms with Crippen molar-refractivity contribution in [2.24, 2.45) is 0 Å². The Morgan fingerprint density at radius 3 is 2.79 bits per heavy atom. The predicted molar refractivity (Wildman–Crippen MR) is 87.8 cm³/mol. The first-order valence-electron chi connectivity index (χ1n) is 8.01. The molecule has 1 aromatic rings. The second-order valence-electron chi connectivity index (χ2n) is 5.82. The summed E-state index contributed by atoms with van der Waals surface area (Å²) < 4.78 is 46.2. The van der Waals surface area contributed by atoms with Crippen LogP contribution in [0.3, 0.4) is 0 Å². The molecule has 6 nitrogen and oxygen atoms in total. The molecule has 1 aliphatic rings.